The van der Waals surface area contributed by atoms with E-state index in [0.717, 1.165) is 32.5 Å². The van der Waals surface area contributed by atoms with E-state index in [1.807, 2.05) is 37.4 Å². The fourth-order valence-electron chi connectivity index (χ4n) is 3.40. The van der Waals surface area contributed by atoms with Gasteiger partial charge in [-0.2, -0.15) is 5.10 Å². The van der Waals surface area contributed by atoms with Crippen molar-refractivity contribution in [1.82, 2.24) is 19.7 Å². The summed E-state index contributed by atoms with van der Waals surface area (Å²) in [6, 6.07) is -0.107. The fourth-order valence-corrected chi connectivity index (χ4v) is 4.48. The van der Waals surface area contributed by atoms with Crippen LogP contribution in [0.2, 0.25) is 0 Å². The zero-order valence-electron chi connectivity index (χ0n) is 16.7. The van der Waals surface area contributed by atoms with Crippen molar-refractivity contribution in [2.45, 2.75) is 53.0 Å². The van der Waals surface area contributed by atoms with E-state index in [-0.39, 0.29) is 17.4 Å². The van der Waals surface area contributed by atoms with Gasteiger partial charge in [0.05, 0.1) is 35.7 Å². The molecule has 1 aliphatic rings. The molecule has 1 saturated heterocycles. The lowest BCUT2D eigenvalue weighted by atomic mass is 9.98. The third-order valence-corrected chi connectivity index (χ3v) is 6.49. The second-order valence-electron chi connectivity index (χ2n) is 7.98. The quantitative estimate of drug-likeness (QED) is 0.807. The van der Waals surface area contributed by atoms with Crippen molar-refractivity contribution in [2.75, 3.05) is 19.8 Å². The number of hydrogen-bond donors (Lipinski definition) is 0. The molecule has 1 atom stereocenters. The topological polar surface area (TPSA) is 60.3 Å². The van der Waals surface area contributed by atoms with Gasteiger partial charge in [0.1, 0.15) is 4.88 Å². The molecule has 1 unspecified atom stereocenters. The molecule has 0 radical (unpaired) electrons. The van der Waals surface area contributed by atoms with E-state index >= 15 is 0 Å². The highest BCUT2D eigenvalue weighted by Crippen LogP contribution is 2.34. The Labute approximate surface area is 159 Å². The summed E-state index contributed by atoms with van der Waals surface area (Å²) in [5, 5.41) is 5.52. The third kappa shape index (κ3) is 3.30. The van der Waals surface area contributed by atoms with Crippen LogP contribution < -0.4 is 0 Å². The summed E-state index contributed by atoms with van der Waals surface area (Å²) in [6.07, 6.45) is 0. The molecule has 142 valence electrons. The Hall–Kier alpha value is -1.73. The van der Waals surface area contributed by atoms with Crippen LogP contribution in [-0.2, 0) is 17.2 Å². The highest BCUT2D eigenvalue weighted by Gasteiger charge is 2.35. The number of thiazole rings is 1. The molecule has 0 aromatic carbocycles. The number of carbonyl (C=O) groups is 1. The molecule has 0 aliphatic carbocycles. The van der Waals surface area contributed by atoms with Crippen LogP contribution in [0, 0.1) is 20.8 Å². The van der Waals surface area contributed by atoms with E-state index < -0.39 is 0 Å². The summed E-state index contributed by atoms with van der Waals surface area (Å²) in [5.74, 6) is 0.0476. The van der Waals surface area contributed by atoms with Crippen molar-refractivity contribution in [3.05, 3.63) is 32.5 Å². The molecule has 1 fully saturated rings. The Bertz CT molecular complexity index is 831. The first-order valence-corrected chi connectivity index (χ1v) is 9.79. The SMILES string of the molecule is Cc1nc(C(C)(C)C)sc1C(=O)N1CCOCC1c1c(C)nn(C)c1C. The van der Waals surface area contributed by atoms with Crippen molar-refractivity contribution < 1.29 is 9.53 Å². The summed E-state index contributed by atoms with van der Waals surface area (Å²) in [7, 11) is 1.94. The monoisotopic (exact) mass is 376 g/mol. The predicted molar refractivity (Wildman–Crippen MR) is 103 cm³/mol. The van der Waals surface area contributed by atoms with Gasteiger partial charge in [-0.3, -0.25) is 9.48 Å². The van der Waals surface area contributed by atoms with E-state index in [2.05, 4.69) is 30.9 Å². The zero-order valence-corrected chi connectivity index (χ0v) is 17.5. The van der Waals surface area contributed by atoms with E-state index in [1.165, 1.54) is 11.3 Å². The number of hydrogen-bond acceptors (Lipinski definition) is 5. The van der Waals surface area contributed by atoms with Crippen molar-refractivity contribution in [1.29, 1.82) is 0 Å². The van der Waals surface area contributed by atoms with Crippen LogP contribution >= 0.6 is 11.3 Å². The van der Waals surface area contributed by atoms with Gasteiger partial charge in [0.25, 0.3) is 5.91 Å². The molecule has 3 heterocycles. The summed E-state index contributed by atoms with van der Waals surface area (Å²) in [6.45, 7) is 14.0. The molecule has 0 N–H and O–H groups in total. The van der Waals surface area contributed by atoms with Crippen LogP contribution in [0.25, 0.3) is 0 Å². The number of aryl methyl sites for hydroxylation is 3. The number of morpholine rings is 1. The first-order valence-electron chi connectivity index (χ1n) is 8.98. The van der Waals surface area contributed by atoms with Crippen molar-refractivity contribution >= 4 is 17.2 Å². The molecule has 26 heavy (non-hydrogen) atoms. The second kappa shape index (κ2) is 6.78. The first-order chi connectivity index (χ1) is 12.1. The number of aromatic nitrogens is 3. The van der Waals surface area contributed by atoms with Crippen LogP contribution in [-0.4, -0.2) is 45.3 Å². The Morgan fingerprint density at radius 1 is 1.23 bits per heavy atom. The average molecular weight is 377 g/mol. The molecule has 0 saturated carbocycles. The number of nitrogens with zero attached hydrogens (tertiary/aromatic N) is 4. The van der Waals surface area contributed by atoms with E-state index in [1.54, 1.807) is 0 Å². The lowest BCUT2D eigenvalue weighted by molar-refractivity contribution is -0.00283. The fraction of sp³-hybridized carbons (Fsp3) is 0.632. The van der Waals surface area contributed by atoms with Gasteiger partial charge >= 0.3 is 0 Å². The lowest BCUT2D eigenvalue weighted by Crippen LogP contribution is -2.43. The van der Waals surface area contributed by atoms with Gasteiger partial charge in [0.2, 0.25) is 0 Å². The molecule has 2 aromatic heterocycles. The first kappa shape index (κ1) is 19.0. The van der Waals surface area contributed by atoms with E-state index in [9.17, 15) is 4.79 Å². The molecule has 3 rings (SSSR count). The molecule has 1 amide bonds. The summed E-state index contributed by atoms with van der Waals surface area (Å²) in [4.78, 5) is 20.7. The molecular formula is C19H28N4O2S. The Kier molecular flexibility index (Phi) is 4.96. The van der Waals surface area contributed by atoms with Gasteiger partial charge in [-0.1, -0.05) is 20.8 Å². The summed E-state index contributed by atoms with van der Waals surface area (Å²) >= 11 is 1.52. The minimum atomic E-state index is -0.107. The van der Waals surface area contributed by atoms with Gasteiger partial charge in [0, 0.05) is 30.3 Å². The van der Waals surface area contributed by atoms with Gasteiger partial charge in [0.15, 0.2) is 0 Å². The smallest absolute Gasteiger partial charge is 0.266 e. The van der Waals surface area contributed by atoms with Crippen LogP contribution in [0.4, 0.5) is 0 Å². The maximum atomic E-state index is 13.4. The van der Waals surface area contributed by atoms with Crippen LogP contribution in [0.5, 0.6) is 0 Å². The summed E-state index contributed by atoms with van der Waals surface area (Å²) in [5.41, 5.74) is 3.88. The average Bonchev–Trinajstić information content (AvgIpc) is 3.07. The van der Waals surface area contributed by atoms with E-state index in [4.69, 9.17) is 4.74 Å². The van der Waals surface area contributed by atoms with Gasteiger partial charge < -0.3 is 9.64 Å². The second-order valence-corrected chi connectivity index (χ2v) is 8.98. The van der Waals surface area contributed by atoms with Gasteiger partial charge in [-0.05, 0) is 20.8 Å². The normalized spacial score (nSPS) is 18.4. The number of rotatable bonds is 2. The molecule has 6 nitrogen and oxygen atoms in total. The molecule has 1 aliphatic heterocycles. The molecule has 7 heteroatoms. The van der Waals surface area contributed by atoms with Crippen molar-refractivity contribution in [3.63, 3.8) is 0 Å². The molecule has 0 spiro atoms. The Balaban J connectivity index is 1.98. The minimum Gasteiger partial charge on any atom is -0.377 e. The highest BCUT2D eigenvalue weighted by molar-refractivity contribution is 7.14. The number of ether oxygens (including phenoxy) is 1. The van der Waals surface area contributed by atoms with Gasteiger partial charge in [-0.15, -0.1) is 11.3 Å². The predicted octanol–water partition coefficient (Wildman–Crippen LogP) is 3.31. The minimum absolute atomic E-state index is 0.0476. The molecule has 2 aromatic rings. The number of amides is 1. The molecular weight excluding hydrogens is 348 g/mol. The van der Waals surface area contributed by atoms with Gasteiger partial charge in [-0.25, -0.2) is 4.98 Å². The van der Waals surface area contributed by atoms with Crippen molar-refractivity contribution in [2.24, 2.45) is 7.05 Å². The highest BCUT2D eigenvalue weighted by atomic mass is 32.1. The summed E-state index contributed by atoms with van der Waals surface area (Å²) < 4.78 is 7.59. The van der Waals surface area contributed by atoms with Crippen molar-refractivity contribution in [3.8, 4) is 0 Å². The maximum Gasteiger partial charge on any atom is 0.266 e. The van der Waals surface area contributed by atoms with Crippen LogP contribution in [0.15, 0.2) is 0 Å². The van der Waals surface area contributed by atoms with Crippen LogP contribution in [0.3, 0.4) is 0 Å². The largest absolute Gasteiger partial charge is 0.377 e. The standard InChI is InChI=1S/C19H28N4O2S/c1-11-15(13(3)22(7)21-11)14-10-25-9-8-23(14)17(24)16-12(2)20-18(26-16)19(4,5)6/h14H,8-10H2,1-7H3. The van der Waals surface area contributed by atoms with E-state index in [0.29, 0.717) is 19.8 Å². The lowest BCUT2D eigenvalue weighted by Gasteiger charge is -2.36. The zero-order chi connectivity index (χ0) is 19.2. The maximum absolute atomic E-state index is 13.4. The third-order valence-electron chi connectivity index (χ3n) is 4.92. The Morgan fingerprint density at radius 2 is 1.92 bits per heavy atom. The number of carbonyl (C=O) groups excluding carboxylic acids is 1. The van der Waals surface area contributed by atoms with Crippen LogP contribution in [0.1, 0.15) is 64.1 Å². The Morgan fingerprint density at radius 3 is 2.46 bits per heavy atom. The molecule has 0 bridgehead atoms.